The van der Waals surface area contributed by atoms with Crippen LogP contribution in [0, 0.1) is 0 Å². The third-order valence-corrected chi connectivity index (χ3v) is 5.95. The van der Waals surface area contributed by atoms with Gasteiger partial charge < -0.3 is 20.1 Å². The lowest BCUT2D eigenvalue weighted by Crippen LogP contribution is -2.42. The topological polar surface area (TPSA) is 91.6 Å². The van der Waals surface area contributed by atoms with E-state index in [2.05, 4.69) is 5.32 Å². The van der Waals surface area contributed by atoms with Gasteiger partial charge in [-0.1, -0.05) is 37.3 Å². The molecular weight excluding hydrogens is 380 g/mol. The monoisotopic (exact) mass is 406 g/mol. The SMILES string of the molecule is C[C@H](CO)n1ccc2c(C(=O)NCC3(O)CCCCCC3)c(Cl)ccc2c1=O. The molecular formula is C21H27ClN2O4. The second-order valence-corrected chi connectivity index (χ2v) is 8.17. The first-order valence-corrected chi connectivity index (χ1v) is 10.2. The van der Waals surface area contributed by atoms with E-state index in [0.717, 1.165) is 25.7 Å². The lowest BCUT2D eigenvalue weighted by Gasteiger charge is -2.27. The van der Waals surface area contributed by atoms with Gasteiger partial charge >= 0.3 is 0 Å². The maximum Gasteiger partial charge on any atom is 0.258 e. The molecule has 7 heteroatoms. The Morgan fingerprint density at radius 3 is 2.54 bits per heavy atom. The number of aliphatic hydroxyl groups excluding tert-OH is 1. The van der Waals surface area contributed by atoms with Crippen LogP contribution in [0.1, 0.15) is 61.8 Å². The molecule has 1 saturated carbocycles. The smallest absolute Gasteiger partial charge is 0.258 e. The maximum atomic E-state index is 12.9. The molecule has 2 aromatic rings. The van der Waals surface area contributed by atoms with Crippen molar-refractivity contribution in [3.63, 3.8) is 0 Å². The Balaban J connectivity index is 1.91. The van der Waals surface area contributed by atoms with Crippen molar-refractivity contribution >= 4 is 28.3 Å². The van der Waals surface area contributed by atoms with Crippen LogP contribution in [0.4, 0.5) is 0 Å². The molecule has 0 saturated heterocycles. The fourth-order valence-electron chi connectivity index (χ4n) is 3.88. The number of halogens is 1. The van der Waals surface area contributed by atoms with E-state index in [0.29, 0.717) is 23.6 Å². The molecule has 0 bridgehead atoms. The number of pyridine rings is 1. The summed E-state index contributed by atoms with van der Waals surface area (Å²) in [6.07, 6.45) is 7.00. The van der Waals surface area contributed by atoms with E-state index in [1.165, 1.54) is 10.6 Å². The molecule has 0 spiro atoms. The van der Waals surface area contributed by atoms with Gasteiger partial charge in [0.15, 0.2) is 0 Å². The number of aromatic nitrogens is 1. The highest BCUT2D eigenvalue weighted by Crippen LogP contribution is 2.28. The highest BCUT2D eigenvalue weighted by atomic mass is 35.5. The van der Waals surface area contributed by atoms with Crippen LogP contribution in [0.25, 0.3) is 10.8 Å². The van der Waals surface area contributed by atoms with Crippen molar-refractivity contribution < 1.29 is 15.0 Å². The number of amides is 1. The molecule has 3 N–H and O–H groups in total. The number of aliphatic hydroxyl groups is 2. The number of nitrogens with zero attached hydrogens (tertiary/aromatic N) is 1. The Hall–Kier alpha value is -1.89. The molecule has 3 rings (SSSR count). The highest BCUT2D eigenvalue weighted by Gasteiger charge is 2.29. The molecule has 0 unspecified atom stereocenters. The summed E-state index contributed by atoms with van der Waals surface area (Å²) in [6, 6.07) is 4.43. The van der Waals surface area contributed by atoms with Gasteiger partial charge in [0.1, 0.15) is 0 Å². The number of rotatable bonds is 5. The third kappa shape index (κ3) is 4.24. The Labute approximate surface area is 169 Å². The van der Waals surface area contributed by atoms with Crippen LogP contribution in [0.15, 0.2) is 29.2 Å². The minimum Gasteiger partial charge on any atom is -0.394 e. The standard InChI is InChI=1S/C21H27ClN2O4/c1-14(12-25)24-11-8-15-16(20(24)27)6-7-17(22)18(15)19(26)23-13-21(28)9-4-2-3-5-10-21/h6-8,11,14,25,28H,2-5,9-10,12-13H2,1H3,(H,23,26)/t14-/m1/s1. The summed E-state index contributed by atoms with van der Waals surface area (Å²) in [5.74, 6) is -0.402. The van der Waals surface area contributed by atoms with Crippen LogP contribution in [-0.4, -0.2) is 39.4 Å². The van der Waals surface area contributed by atoms with Crippen LogP contribution in [0.2, 0.25) is 5.02 Å². The van der Waals surface area contributed by atoms with E-state index in [-0.39, 0.29) is 35.3 Å². The van der Waals surface area contributed by atoms with Crippen molar-refractivity contribution in [1.82, 2.24) is 9.88 Å². The molecule has 1 heterocycles. The summed E-state index contributed by atoms with van der Waals surface area (Å²) in [5, 5.41) is 24.0. The molecule has 1 aromatic heterocycles. The van der Waals surface area contributed by atoms with Crippen LogP contribution >= 0.6 is 11.6 Å². The van der Waals surface area contributed by atoms with Crippen LogP contribution in [0.5, 0.6) is 0 Å². The third-order valence-electron chi connectivity index (χ3n) is 5.64. The van der Waals surface area contributed by atoms with E-state index in [4.69, 9.17) is 11.6 Å². The second kappa shape index (κ2) is 8.64. The van der Waals surface area contributed by atoms with E-state index in [9.17, 15) is 19.8 Å². The van der Waals surface area contributed by atoms with E-state index >= 15 is 0 Å². The van der Waals surface area contributed by atoms with Crippen molar-refractivity contribution in [3.05, 3.63) is 45.3 Å². The lowest BCUT2D eigenvalue weighted by atomic mass is 9.94. The highest BCUT2D eigenvalue weighted by molar-refractivity contribution is 6.35. The summed E-state index contributed by atoms with van der Waals surface area (Å²) in [7, 11) is 0. The quantitative estimate of drug-likeness (QED) is 0.665. The fourth-order valence-corrected chi connectivity index (χ4v) is 4.13. The van der Waals surface area contributed by atoms with Crippen molar-refractivity contribution in [1.29, 1.82) is 0 Å². The zero-order valence-corrected chi connectivity index (χ0v) is 16.8. The van der Waals surface area contributed by atoms with Gasteiger partial charge in [0.2, 0.25) is 0 Å². The van der Waals surface area contributed by atoms with Crippen molar-refractivity contribution in [2.45, 2.75) is 57.1 Å². The molecule has 6 nitrogen and oxygen atoms in total. The first kappa shape index (κ1) is 20.8. The summed E-state index contributed by atoms with van der Waals surface area (Å²) in [5.41, 5.74) is -0.948. The average Bonchev–Trinajstić information content (AvgIpc) is 2.90. The number of hydrogen-bond donors (Lipinski definition) is 3. The predicted octanol–water partition coefficient (Wildman–Crippen LogP) is 3.02. The molecule has 152 valence electrons. The molecule has 1 amide bonds. The van der Waals surface area contributed by atoms with Crippen molar-refractivity contribution in [3.8, 4) is 0 Å². The second-order valence-electron chi connectivity index (χ2n) is 7.76. The number of benzene rings is 1. The van der Waals surface area contributed by atoms with E-state index in [1.54, 1.807) is 25.3 Å². The Bertz CT molecular complexity index is 916. The summed E-state index contributed by atoms with van der Waals surface area (Å²) in [6.45, 7) is 1.74. The summed E-state index contributed by atoms with van der Waals surface area (Å²) in [4.78, 5) is 25.6. The minimum atomic E-state index is -0.896. The van der Waals surface area contributed by atoms with Crippen molar-refractivity contribution in [2.24, 2.45) is 0 Å². The first-order chi connectivity index (χ1) is 13.4. The first-order valence-electron chi connectivity index (χ1n) is 9.81. The summed E-state index contributed by atoms with van der Waals surface area (Å²) < 4.78 is 1.44. The maximum absolute atomic E-state index is 12.9. The normalized spacial score (nSPS) is 17.9. The van der Waals surface area contributed by atoms with Gasteiger partial charge in [-0.2, -0.15) is 0 Å². The van der Waals surface area contributed by atoms with Gasteiger partial charge in [-0.3, -0.25) is 9.59 Å². The fraction of sp³-hybridized carbons (Fsp3) is 0.524. The van der Waals surface area contributed by atoms with Gasteiger partial charge in [0, 0.05) is 23.5 Å². The molecule has 1 atom stereocenters. The molecule has 0 radical (unpaired) electrons. The van der Waals surface area contributed by atoms with Crippen LogP contribution in [0.3, 0.4) is 0 Å². The zero-order chi connectivity index (χ0) is 20.3. The molecule has 1 aromatic carbocycles. The van der Waals surface area contributed by atoms with Gasteiger partial charge in [-0.15, -0.1) is 0 Å². The zero-order valence-electron chi connectivity index (χ0n) is 16.1. The number of hydrogen-bond acceptors (Lipinski definition) is 4. The molecule has 0 aliphatic heterocycles. The predicted molar refractivity (Wildman–Crippen MR) is 110 cm³/mol. The van der Waals surface area contributed by atoms with E-state index < -0.39 is 11.5 Å². The average molecular weight is 407 g/mol. The van der Waals surface area contributed by atoms with Crippen LogP contribution < -0.4 is 10.9 Å². The molecule has 1 fully saturated rings. The van der Waals surface area contributed by atoms with Gasteiger partial charge in [0.05, 0.1) is 28.8 Å². The number of carbonyl (C=O) groups excluding carboxylic acids is 1. The Kier molecular flexibility index (Phi) is 6.43. The number of carbonyl (C=O) groups is 1. The van der Waals surface area contributed by atoms with Gasteiger partial charge in [-0.05, 0) is 38.0 Å². The molecule has 28 heavy (non-hydrogen) atoms. The Morgan fingerprint density at radius 2 is 1.89 bits per heavy atom. The Morgan fingerprint density at radius 1 is 1.21 bits per heavy atom. The molecule has 1 aliphatic rings. The number of fused-ring (bicyclic) bond motifs is 1. The van der Waals surface area contributed by atoms with Crippen LogP contribution in [-0.2, 0) is 0 Å². The minimum absolute atomic E-state index is 0.162. The summed E-state index contributed by atoms with van der Waals surface area (Å²) >= 11 is 6.29. The van der Waals surface area contributed by atoms with Crippen molar-refractivity contribution in [2.75, 3.05) is 13.2 Å². The van der Waals surface area contributed by atoms with Gasteiger partial charge in [0.25, 0.3) is 11.5 Å². The molecule has 1 aliphatic carbocycles. The largest absolute Gasteiger partial charge is 0.394 e. The van der Waals surface area contributed by atoms with E-state index in [1.807, 2.05) is 0 Å². The number of nitrogens with one attached hydrogen (secondary N) is 1. The lowest BCUT2D eigenvalue weighted by molar-refractivity contribution is 0.0247. The van der Waals surface area contributed by atoms with Gasteiger partial charge in [-0.25, -0.2) is 0 Å².